The monoisotopic (exact) mass is 194 g/mol. The molecule has 1 rings (SSSR count). The van der Waals surface area contributed by atoms with Crippen LogP contribution in [0.1, 0.15) is 23.7 Å². The first-order chi connectivity index (χ1) is 6.65. The predicted molar refractivity (Wildman–Crippen MR) is 54.6 cm³/mol. The van der Waals surface area contributed by atoms with Gasteiger partial charge in [-0.2, -0.15) is 0 Å². The lowest BCUT2D eigenvalue weighted by molar-refractivity contribution is 0.0777. The third-order valence-corrected chi connectivity index (χ3v) is 1.89. The minimum absolute atomic E-state index is 0.350. The van der Waals surface area contributed by atoms with E-state index in [1.807, 2.05) is 0 Å². The number of carbonyl (C=O) groups excluding carboxylic acids is 1. The molecular weight excluding hydrogens is 180 g/mol. The van der Waals surface area contributed by atoms with Gasteiger partial charge in [-0.15, -0.1) is 0 Å². The molecule has 0 fully saturated rings. The quantitative estimate of drug-likeness (QED) is 0.490. The summed E-state index contributed by atoms with van der Waals surface area (Å²) in [6.45, 7) is 1.78. The molecule has 0 aliphatic heterocycles. The van der Waals surface area contributed by atoms with Gasteiger partial charge in [0.15, 0.2) is 0 Å². The average molecular weight is 194 g/mol. The van der Waals surface area contributed by atoms with Crippen LogP contribution in [0.4, 0.5) is 5.69 Å². The number of hydrogen-bond donors (Lipinski definition) is 3. The van der Waals surface area contributed by atoms with Crippen molar-refractivity contribution in [2.75, 3.05) is 5.73 Å². The molecule has 1 atom stereocenters. The Labute approximate surface area is 82.7 Å². The second-order valence-corrected chi connectivity index (χ2v) is 2.98. The number of anilines is 1. The summed E-state index contributed by atoms with van der Waals surface area (Å²) in [5.41, 5.74) is 6.40. The standard InChI is InChI=1S/C10H14N2O2/c1-2-9(13)12-10(14)7-5-3-4-6-8(7)11/h3-6,9,13H,2,11H2,1H3,(H,12,14). The van der Waals surface area contributed by atoms with Crippen molar-refractivity contribution in [2.45, 2.75) is 19.6 Å². The topological polar surface area (TPSA) is 75.3 Å². The van der Waals surface area contributed by atoms with Crippen molar-refractivity contribution < 1.29 is 9.90 Å². The molecule has 0 aromatic heterocycles. The molecule has 0 saturated heterocycles. The van der Waals surface area contributed by atoms with Crippen molar-refractivity contribution in [1.82, 2.24) is 5.32 Å². The van der Waals surface area contributed by atoms with Gasteiger partial charge in [-0.05, 0) is 18.6 Å². The first-order valence-electron chi connectivity index (χ1n) is 4.48. The molecule has 4 heteroatoms. The molecule has 4 N–H and O–H groups in total. The highest BCUT2D eigenvalue weighted by atomic mass is 16.3. The summed E-state index contributed by atoms with van der Waals surface area (Å²) >= 11 is 0. The molecule has 1 aromatic rings. The molecule has 1 amide bonds. The number of nitrogen functional groups attached to an aromatic ring is 1. The lowest BCUT2D eigenvalue weighted by atomic mass is 10.1. The minimum atomic E-state index is -0.817. The SMILES string of the molecule is CCC(O)NC(=O)c1ccccc1N. The zero-order valence-electron chi connectivity index (χ0n) is 8.03. The molecule has 1 aromatic carbocycles. The summed E-state index contributed by atoms with van der Waals surface area (Å²) in [6.07, 6.45) is -0.347. The van der Waals surface area contributed by atoms with Gasteiger partial charge < -0.3 is 16.2 Å². The van der Waals surface area contributed by atoms with Crippen LogP contribution in [-0.2, 0) is 0 Å². The van der Waals surface area contributed by atoms with Crippen LogP contribution in [0.2, 0.25) is 0 Å². The molecule has 4 nitrogen and oxygen atoms in total. The molecule has 0 bridgehead atoms. The van der Waals surface area contributed by atoms with Crippen molar-refractivity contribution in [3.8, 4) is 0 Å². The number of hydrogen-bond acceptors (Lipinski definition) is 3. The number of rotatable bonds is 3. The van der Waals surface area contributed by atoms with Gasteiger partial charge in [-0.25, -0.2) is 0 Å². The average Bonchev–Trinajstić information content (AvgIpc) is 2.18. The first kappa shape index (κ1) is 10.5. The second-order valence-electron chi connectivity index (χ2n) is 2.98. The number of nitrogens with two attached hydrogens (primary N) is 1. The van der Waals surface area contributed by atoms with Gasteiger partial charge in [0.25, 0.3) is 5.91 Å². The van der Waals surface area contributed by atoms with Crippen LogP contribution < -0.4 is 11.1 Å². The number of amides is 1. The number of carbonyl (C=O) groups is 1. The van der Waals surface area contributed by atoms with Crippen LogP contribution in [0.5, 0.6) is 0 Å². The second kappa shape index (κ2) is 4.62. The highest BCUT2D eigenvalue weighted by Crippen LogP contribution is 2.10. The zero-order valence-corrected chi connectivity index (χ0v) is 8.03. The Kier molecular flexibility index (Phi) is 3.48. The fraction of sp³-hybridized carbons (Fsp3) is 0.300. The molecule has 0 aliphatic carbocycles. The van der Waals surface area contributed by atoms with Crippen molar-refractivity contribution in [3.63, 3.8) is 0 Å². The largest absolute Gasteiger partial charge is 0.398 e. The molecule has 1 unspecified atom stereocenters. The van der Waals surface area contributed by atoms with E-state index in [1.54, 1.807) is 31.2 Å². The summed E-state index contributed by atoms with van der Waals surface area (Å²) in [5.74, 6) is -0.350. The van der Waals surface area contributed by atoms with E-state index in [1.165, 1.54) is 0 Å². The van der Waals surface area contributed by atoms with Crippen LogP contribution in [0.3, 0.4) is 0 Å². The highest BCUT2D eigenvalue weighted by Gasteiger charge is 2.11. The molecule has 0 aliphatic rings. The van der Waals surface area contributed by atoms with E-state index in [9.17, 15) is 9.90 Å². The summed E-state index contributed by atoms with van der Waals surface area (Å²) in [7, 11) is 0. The van der Waals surface area contributed by atoms with E-state index >= 15 is 0 Å². The first-order valence-corrected chi connectivity index (χ1v) is 4.48. The Morgan fingerprint density at radius 3 is 2.79 bits per heavy atom. The number of nitrogens with one attached hydrogen (secondary N) is 1. The Hall–Kier alpha value is -1.55. The Morgan fingerprint density at radius 1 is 1.57 bits per heavy atom. The fourth-order valence-electron chi connectivity index (χ4n) is 1.03. The van der Waals surface area contributed by atoms with Crippen LogP contribution in [-0.4, -0.2) is 17.2 Å². The number of para-hydroxylation sites is 1. The maximum absolute atomic E-state index is 11.5. The highest BCUT2D eigenvalue weighted by molar-refractivity contribution is 5.99. The molecule has 0 heterocycles. The fourth-order valence-corrected chi connectivity index (χ4v) is 1.03. The summed E-state index contributed by atoms with van der Waals surface area (Å²) in [6, 6.07) is 6.74. The minimum Gasteiger partial charge on any atom is -0.398 e. The summed E-state index contributed by atoms with van der Waals surface area (Å²) in [5, 5.41) is 11.6. The van der Waals surface area contributed by atoms with Gasteiger partial charge in [-0.3, -0.25) is 4.79 Å². The van der Waals surface area contributed by atoms with Crippen LogP contribution in [0.15, 0.2) is 24.3 Å². The van der Waals surface area contributed by atoms with Gasteiger partial charge in [0.05, 0.1) is 5.56 Å². The number of aliphatic hydroxyl groups is 1. The maximum Gasteiger partial charge on any atom is 0.255 e. The van der Waals surface area contributed by atoms with Gasteiger partial charge in [0, 0.05) is 5.69 Å². The Bertz CT molecular complexity index is 326. The van der Waals surface area contributed by atoms with Crippen molar-refractivity contribution in [2.24, 2.45) is 0 Å². The molecular formula is C10H14N2O2. The van der Waals surface area contributed by atoms with Crippen LogP contribution in [0.25, 0.3) is 0 Å². The lowest BCUT2D eigenvalue weighted by Gasteiger charge is -2.11. The summed E-state index contributed by atoms with van der Waals surface area (Å²) in [4.78, 5) is 11.5. The number of aliphatic hydroxyl groups excluding tert-OH is 1. The predicted octanol–water partition coefficient (Wildman–Crippen LogP) is 0.727. The molecule has 14 heavy (non-hydrogen) atoms. The smallest absolute Gasteiger partial charge is 0.255 e. The van der Waals surface area contributed by atoms with Gasteiger partial charge in [0.2, 0.25) is 0 Å². The molecule has 76 valence electrons. The normalized spacial score (nSPS) is 12.1. The third-order valence-electron chi connectivity index (χ3n) is 1.89. The van der Waals surface area contributed by atoms with Crippen LogP contribution in [0, 0.1) is 0 Å². The van der Waals surface area contributed by atoms with Gasteiger partial charge >= 0.3 is 0 Å². The molecule has 0 saturated carbocycles. The van der Waals surface area contributed by atoms with Crippen molar-refractivity contribution >= 4 is 11.6 Å². The maximum atomic E-state index is 11.5. The Morgan fingerprint density at radius 2 is 2.21 bits per heavy atom. The van der Waals surface area contributed by atoms with Crippen molar-refractivity contribution in [3.05, 3.63) is 29.8 Å². The van der Waals surface area contributed by atoms with Crippen LogP contribution >= 0.6 is 0 Å². The van der Waals surface area contributed by atoms with E-state index in [2.05, 4.69) is 5.32 Å². The summed E-state index contributed by atoms with van der Waals surface area (Å²) < 4.78 is 0. The Balaban J connectivity index is 2.75. The molecule has 0 radical (unpaired) electrons. The van der Waals surface area contributed by atoms with Gasteiger partial charge in [0.1, 0.15) is 6.23 Å². The van der Waals surface area contributed by atoms with E-state index in [-0.39, 0.29) is 5.91 Å². The van der Waals surface area contributed by atoms with E-state index in [4.69, 9.17) is 5.73 Å². The zero-order chi connectivity index (χ0) is 10.6. The van der Waals surface area contributed by atoms with Crippen molar-refractivity contribution in [1.29, 1.82) is 0 Å². The number of benzene rings is 1. The van der Waals surface area contributed by atoms with E-state index in [0.29, 0.717) is 17.7 Å². The van der Waals surface area contributed by atoms with E-state index < -0.39 is 6.23 Å². The lowest BCUT2D eigenvalue weighted by Crippen LogP contribution is -2.34. The van der Waals surface area contributed by atoms with E-state index in [0.717, 1.165) is 0 Å². The van der Waals surface area contributed by atoms with Gasteiger partial charge in [-0.1, -0.05) is 19.1 Å². The third kappa shape index (κ3) is 2.47. The molecule has 0 spiro atoms.